The smallest absolute Gasteiger partial charge is 0.0666 e. The molecule has 1 aliphatic rings. The topological polar surface area (TPSA) is 41.5 Å². The molecule has 1 saturated heterocycles. The van der Waals surface area contributed by atoms with Crippen molar-refractivity contribution < 1.29 is 9.84 Å². The lowest BCUT2D eigenvalue weighted by molar-refractivity contribution is 0.127. The molecule has 4 heteroatoms. The van der Waals surface area contributed by atoms with Crippen LogP contribution in [-0.2, 0) is 4.74 Å². The molecule has 0 amide bonds. The van der Waals surface area contributed by atoms with Crippen molar-refractivity contribution in [3.8, 4) is 0 Å². The lowest BCUT2D eigenvalue weighted by Gasteiger charge is -2.28. The van der Waals surface area contributed by atoms with E-state index in [2.05, 4.69) is 37.8 Å². The van der Waals surface area contributed by atoms with Crippen LogP contribution in [0.25, 0.3) is 0 Å². The standard InChI is InChI=1S/C14H29NO2S/c1-4-15-14(3,11-16)8-5-6-10-18-13-7-9-17-12(13)2/h12-13,15-16H,4-11H2,1-3H3. The first-order valence-electron chi connectivity index (χ1n) is 7.20. The molecule has 0 aromatic heterocycles. The summed E-state index contributed by atoms with van der Waals surface area (Å²) in [5, 5.41) is 13.5. The average Bonchev–Trinajstić information content (AvgIpc) is 2.75. The summed E-state index contributed by atoms with van der Waals surface area (Å²) < 4.78 is 5.56. The molecule has 108 valence electrons. The molecule has 1 rings (SSSR count). The van der Waals surface area contributed by atoms with Gasteiger partial charge in [-0.2, -0.15) is 11.8 Å². The Hall–Kier alpha value is 0.230. The van der Waals surface area contributed by atoms with Gasteiger partial charge in [0.15, 0.2) is 0 Å². The number of nitrogens with one attached hydrogen (secondary N) is 1. The maximum atomic E-state index is 9.40. The van der Waals surface area contributed by atoms with Gasteiger partial charge in [-0.05, 0) is 45.4 Å². The van der Waals surface area contributed by atoms with Gasteiger partial charge in [0.25, 0.3) is 0 Å². The highest BCUT2D eigenvalue weighted by Gasteiger charge is 2.24. The van der Waals surface area contributed by atoms with Crippen LogP contribution in [0, 0.1) is 0 Å². The molecule has 0 spiro atoms. The van der Waals surface area contributed by atoms with Crippen LogP contribution >= 0.6 is 11.8 Å². The Morgan fingerprint density at radius 3 is 2.78 bits per heavy atom. The van der Waals surface area contributed by atoms with E-state index < -0.39 is 0 Å². The summed E-state index contributed by atoms with van der Waals surface area (Å²) in [5.74, 6) is 1.21. The van der Waals surface area contributed by atoms with E-state index in [1.807, 2.05) is 0 Å². The minimum Gasteiger partial charge on any atom is -0.394 e. The number of hydrogen-bond donors (Lipinski definition) is 2. The molecule has 0 aromatic rings. The van der Waals surface area contributed by atoms with E-state index in [0.29, 0.717) is 11.4 Å². The fourth-order valence-electron chi connectivity index (χ4n) is 2.43. The van der Waals surface area contributed by atoms with Crippen molar-refractivity contribution in [3.63, 3.8) is 0 Å². The van der Waals surface area contributed by atoms with Crippen LogP contribution in [0.1, 0.15) is 46.5 Å². The molecule has 3 atom stereocenters. The van der Waals surface area contributed by atoms with Gasteiger partial charge < -0.3 is 15.2 Å². The van der Waals surface area contributed by atoms with E-state index in [-0.39, 0.29) is 12.1 Å². The van der Waals surface area contributed by atoms with Crippen molar-refractivity contribution >= 4 is 11.8 Å². The van der Waals surface area contributed by atoms with Gasteiger partial charge in [0.1, 0.15) is 0 Å². The number of thioether (sulfide) groups is 1. The summed E-state index contributed by atoms with van der Waals surface area (Å²) in [4.78, 5) is 0. The molecular weight excluding hydrogens is 246 g/mol. The van der Waals surface area contributed by atoms with Crippen molar-refractivity contribution in [2.75, 3.05) is 25.5 Å². The molecular formula is C14H29NO2S. The summed E-state index contributed by atoms with van der Waals surface area (Å²) in [7, 11) is 0. The largest absolute Gasteiger partial charge is 0.394 e. The van der Waals surface area contributed by atoms with Gasteiger partial charge in [0.2, 0.25) is 0 Å². The summed E-state index contributed by atoms with van der Waals surface area (Å²) in [6.45, 7) is 8.45. The maximum absolute atomic E-state index is 9.40. The van der Waals surface area contributed by atoms with Crippen LogP contribution in [-0.4, -0.2) is 47.5 Å². The van der Waals surface area contributed by atoms with Gasteiger partial charge in [-0.25, -0.2) is 0 Å². The van der Waals surface area contributed by atoms with Gasteiger partial charge in [0, 0.05) is 17.4 Å². The van der Waals surface area contributed by atoms with E-state index >= 15 is 0 Å². The molecule has 0 aliphatic carbocycles. The zero-order valence-electron chi connectivity index (χ0n) is 12.1. The summed E-state index contributed by atoms with van der Waals surface area (Å²) in [6.07, 6.45) is 5.10. The Morgan fingerprint density at radius 2 is 2.22 bits per heavy atom. The Balaban J connectivity index is 2.07. The lowest BCUT2D eigenvalue weighted by Crippen LogP contribution is -2.45. The van der Waals surface area contributed by atoms with Gasteiger partial charge in [-0.15, -0.1) is 0 Å². The predicted octanol–water partition coefficient (Wildman–Crippen LogP) is 2.43. The van der Waals surface area contributed by atoms with Crippen molar-refractivity contribution in [1.82, 2.24) is 5.32 Å². The molecule has 3 unspecified atom stereocenters. The van der Waals surface area contributed by atoms with Crippen LogP contribution in [0.4, 0.5) is 0 Å². The summed E-state index contributed by atoms with van der Waals surface area (Å²) in [5.41, 5.74) is -0.0941. The zero-order valence-corrected chi connectivity index (χ0v) is 12.9. The summed E-state index contributed by atoms with van der Waals surface area (Å²) >= 11 is 2.06. The predicted molar refractivity (Wildman–Crippen MR) is 79.3 cm³/mol. The fraction of sp³-hybridized carbons (Fsp3) is 1.00. The fourth-order valence-corrected chi connectivity index (χ4v) is 3.72. The molecule has 0 saturated carbocycles. The highest BCUT2D eigenvalue weighted by molar-refractivity contribution is 7.99. The number of hydrogen-bond acceptors (Lipinski definition) is 4. The molecule has 1 fully saturated rings. The second-order valence-electron chi connectivity index (χ2n) is 5.48. The van der Waals surface area contributed by atoms with Crippen molar-refractivity contribution in [2.24, 2.45) is 0 Å². The number of likely N-dealkylation sites (N-methyl/N-ethyl adjacent to an activating group) is 1. The Labute approximate surface area is 116 Å². The van der Waals surface area contributed by atoms with Crippen molar-refractivity contribution in [1.29, 1.82) is 0 Å². The van der Waals surface area contributed by atoms with Gasteiger partial charge >= 0.3 is 0 Å². The third-order valence-corrected chi connectivity index (χ3v) is 5.29. The summed E-state index contributed by atoms with van der Waals surface area (Å²) in [6, 6.07) is 0. The minimum atomic E-state index is -0.0941. The molecule has 1 heterocycles. The molecule has 18 heavy (non-hydrogen) atoms. The van der Waals surface area contributed by atoms with Crippen LogP contribution in [0.3, 0.4) is 0 Å². The molecule has 0 bridgehead atoms. The Kier molecular flexibility index (Phi) is 7.61. The third-order valence-electron chi connectivity index (χ3n) is 3.71. The van der Waals surface area contributed by atoms with Crippen LogP contribution in [0.2, 0.25) is 0 Å². The second kappa shape index (κ2) is 8.41. The monoisotopic (exact) mass is 275 g/mol. The van der Waals surface area contributed by atoms with Gasteiger partial charge in [0.05, 0.1) is 12.7 Å². The van der Waals surface area contributed by atoms with E-state index in [4.69, 9.17) is 4.74 Å². The van der Waals surface area contributed by atoms with E-state index in [0.717, 1.165) is 19.6 Å². The second-order valence-corrected chi connectivity index (χ2v) is 6.83. The minimum absolute atomic E-state index is 0.0941. The molecule has 0 aromatic carbocycles. The van der Waals surface area contributed by atoms with Gasteiger partial charge in [-0.3, -0.25) is 0 Å². The highest BCUT2D eigenvalue weighted by atomic mass is 32.2. The number of ether oxygens (including phenoxy) is 1. The van der Waals surface area contributed by atoms with Crippen molar-refractivity contribution in [3.05, 3.63) is 0 Å². The molecule has 1 aliphatic heterocycles. The number of aliphatic hydroxyl groups excluding tert-OH is 1. The average molecular weight is 275 g/mol. The van der Waals surface area contributed by atoms with Gasteiger partial charge in [-0.1, -0.05) is 13.3 Å². The SMILES string of the molecule is CCNC(C)(CO)CCCCSC1CCOC1C. The third kappa shape index (κ3) is 5.47. The first-order chi connectivity index (χ1) is 8.61. The number of rotatable bonds is 9. The van der Waals surface area contributed by atoms with Crippen LogP contribution in [0.15, 0.2) is 0 Å². The normalized spacial score (nSPS) is 27.3. The maximum Gasteiger partial charge on any atom is 0.0666 e. The van der Waals surface area contributed by atoms with Crippen molar-refractivity contribution in [2.45, 2.75) is 63.3 Å². The number of aliphatic hydroxyl groups is 1. The first kappa shape index (κ1) is 16.3. The quantitative estimate of drug-likeness (QED) is 0.634. The Morgan fingerprint density at radius 1 is 1.44 bits per heavy atom. The number of unbranched alkanes of at least 4 members (excludes halogenated alkanes) is 1. The lowest BCUT2D eigenvalue weighted by atomic mass is 9.96. The molecule has 0 radical (unpaired) electrons. The van der Waals surface area contributed by atoms with E-state index in [9.17, 15) is 5.11 Å². The highest BCUT2D eigenvalue weighted by Crippen LogP contribution is 2.27. The van der Waals surface area contributed by atoms with E-state index in [1.165, 1.54) is 25.0 Å². The molecule has 2 N–H and O–H groups in total. The molecule has 3 nitrogen and oxygen atoms in total. The Bertz CT molecular complexity index is 228. The van der Waals surface area contributed by atoms with E-state index in [1.54, 1.807) is 0 Å². The van der Waals surface area contributed by atoms with Crippen LogP contribution in [0.5, 0.6) is 0 Å². The zero-order chi connectivity index (χ0) is 13.4. The first-order valence-corrected chi connectivity index (χ1v) is 8.25. The van der Waals surface area contributed by atoms with Crippen LogP contribution < -0.4 is 5.32 Å².